The molecule has 0 spiro atoms. The highest BCUT2D eigenvalue weighted by Gasteiger charge is 2.10. The van der Waals surface area contributed by atoms with Crippen LogP contribution in [-0.2, 0) is 0 Å². The van der Waals surface area contributed by atoms with Crippen molar-refractivity contribution in [2.24, 2.45) is 0 Å². The highest BCUT2D eigenvalue weighted by Crippen LogP contribution is 2.27. The van der Waals surface area contributed by atoms with Gasteiger partial charge in [0.1, 0.15) is 0 Å². The van der Waals surface area contributed by atoms with Gasteiger partial charge in [0.2, 0.25) is 0 Å². The summed E-state index contributed by atoms with van der Waals surface area (Å²) in [6.07, 6.45) is 0. The molecule has 4 heteroatoms. The Morgan fingerprint density at radius 2 is 1.60 bits per heavy atom. The lowest BCUT2D eigenvalue weighted by atomic mass is 10.00. The molecule has 1 heterocycles. The molecule has 0 fully saturated rings. The zero-order valence-electron chi connectivity index (χ0n) is 11.2. The van der Waals surface area contributed by atoms with E-state index in [0.717, 1.165) is 27.8 Å². The van der Waals surface area contributed by atoms with Gasteiger partial charge in [0.05, 0.1) is 11.1 Å². The van der Waals surface area contributed by atoms with E-state index in [1.807, 2.05) is 50.2 Å². The maximum Gasteiger partial charge on any atom is 0.272 e. The monoisotopic (exact) mass is 284 g/mol. The minimum absolute atomic E-state index is 0.166. The van der Waals surface area contributed by atoms with Crippen LogP contribution in [0.4, 0.5) is 0 Å². The lowest BCUT2D eigenvalue weighted by Crippen LogP contribution is -2.10. The van der Waals surface area contributed by atoms with Crippen molar-refractivity contribution in [3.8, 4) is 11.3 Å². The molecule has 0 aliphatic rings. The molecule has 0 atom stereocenters. The fourth-order valence-electron chi connectivity index (χ4n) is 2.25. The van der Waals surface area contributed by atoms with E-state index in [2.05, 4.69) is 10.2 Å². The van der Waals surface area contributed by atoms with E-state index in [-0.39, 0.29) is 5.56 Å². The van der Waals surface area contributed by atoms with Gasteiger partial charge < -0.3 is 0 Å². The van der Waals surface area contributed by atoms with Gasteiger partial charge in [0.25, 0.3) is 5.56 Å². The second kappa shape index (κ2) is 4.76. The van der Waals surface area contributed by atoms with Crippen molar-refractivity contribution in [2.45, 2.75) is 13.8 Å². The van der Waals surface area contributed by atoms with Crippen molar-refractivity contribution in [2.75, 3.05) is 0 Å². The van der Waals surface area contributed by atoms with Crippen LogP contribution in [0.2, 0.25) is 5.02 Å². The number of aryl methyl sites for hydroxylation is 2. The third-order valence-electron chi connectivity index (χ3n) is 3.52. The Bertz CT molecular complexity index is 851. The number of nitrogens with zero attached hydrogens (tertiary/aromatic N) is 1. The molecule has 100 valence electrons. The number of halogens is 1. The Labute approximate surface area is 121 Å². The van der Waals surface area contributed by atoms with Crippen LogP contribution in [-0.4, -0.2) is 10.2 Å². The minimum Gasteiger partial charge on any atom is -0.267 e. The van der Waals surface area contributed by atoms with Crippen LogP contribution >= 0.6 is 11.6 Å². The number of hydrogen-bond acceptors (Lipinski definition) is 2. The summed E-state index contributed by atoms with van der Waals surface area (Å²) < 4.78 is 0. The lowest BCUT2D eigenvalue weighted by molar-refractivity contribution is 1.02. The summed E-state index contributed by atoms with van der Waals surface area (Å²) in [6.45, 7) is 4.03. The zero-order chi connectivity index (χ0) is 14.3. The standard InChI is InChI=1S/C16H13ClN2O/c1-9-7-13-14(8-10(9)2)16(20)19-18-15(13)11-3-5-12(17)6-4-11/h3-8H,1-2H3,(H,19,20). The molecule has 2 aromatic carbocycles. The summed E-state index contributed by atoms with van der Waals surface area (Å²) in [5.41, 5.74) is 3.76. The van der Waals surface area contributed by atoms with E-state index in [1.54, 1.807) is 0 Å². The summed E-state index contributed by atoms with van der Waals surface area (Å²) in [5, 5.41) is 8.96. The van der Waals surface area contributed by atoms with Crippen molar-refractivity contribution in [3.05, 3.63) is 62.9 Å². The van der Waals surface area contributed by atoms with Crippen LogP contribution in [0.5, 0.6) is 0 Å². The first-order valence-electron chi connectivity index (χ1n) is 6.32. The predicted molar refractivity (Wildman–Crippen MR) is 82.3 cm³/mol. The van der Waals surface area contributed by atoms with Crippen molar-refractivity contribution in [3.63, 3.8) is 0 Å². The van der Waals surface area contributed by atoms with Crippen LogP contribution in [0.1, 0.15) is 11.1 Å². The van der Waals surface area contributed by atoms with Crippen molar-refractivity contribution >= 4 is 22.4 Å². The fourth-order valence-corrected chi connectivity index (χ4v) is 2.38. The maximum absolute atomic E-state index is 11.9. The van der Waals surface area contributed by atoms with Gasteiger partial charge >= 0.3 is 0 Å². The van der Waals surface area contributed by atoms with Gasteiger partial charge in [0, 0.05) is 16.0 Å². The first-order chi connectivity index (χ1) is 9.56. The number of fused-ring (bicyclic) bond motifs is 1. The van der Waals surface area contributed by atoms with Gasteiger partial charge in [-0.25, -0.2) is 5.10 Å². The molecule has 0 saturated heterocycles. The van der Waals surface area contributed by atoms with E-state index in [0.29, 0.717) is 10.4 Å². The maximum atomic E-state index is 11.9. The van der Waals surface area contributed by atoms with Crippen LogP contribution in [0, 0.1) is 13.8 Å². The average molecular weight is 285 g/mol. The quantitative estimate of drug-likeness (QED) is 0.737. The van der Waals surface area contributed by atoms with Crippen molar-refractivity contribution < 1.29 is 0 Å². The molecular formula is C16H13ClN2O. The molecule has 0 unspecified atom stereocenters. The molecule has 0 radical (unpaired) electrons. The molecule has 3 rings (SSSR count). The van der Waals surface area contributed by atoms with Crippen LogP contribution in [0.15, 0.2) is 41.2 Å². The summed E-state index contributed by atoms with van der Waals surface area (Å²) in [6, 6.07) is 11.4. The van der Waals surface area contributed by atoms with Gasteiger partial charge in [-0.15, -0.1) is 0 Å². The van der Waals surface area contributed by atoms with E-state index in [1.165, 1.54) is 0 Å². The zero-order valence-corrected chi connectivity index (χ0v) is 12.0. The van der Waals surface area contributed by atoms with Crippen molar-refractivity contribution in [1.82, 2.24) is 10.2 Å². The Hall–Kier alpha value is -2.13. The first kappa shape index (κ1) is 12.9. The van der Waals surface area contributed by atoms with Gasteiger partial charge in [-0.2, -0.15) is 5.10 Å². The van der Waals surface area contributed by atoms with Gasteiger partial charge in [-0.05, 0) is 49.2 Å². The largest absolute Gasteiger partial charge is 0.272 e. The van der Waals surface area contributed by atoms with Gasteiger partial charge in [-0.1, -0.05) is 23.7 Å². The second-order valence-corrected chi connectivity index (χ2v) is 5.33. The van der Waals surface area contributed by atoms with Crippen LogP contribution in [0.3, 0.4) is 0 Å². The molecule has 3 aromatic rings. The first-order valence-corrected chi connectivity index (χ1v) is 6.69. The molecule has 0 aliphatic heterocycles. The smallest absolute Gasteiger partial charge is 0.267 e. The Morgan fingerprint density at radius 3 is 2.25 bits per heavy atom. The molecule has 0 aliphatic carbocycles. The molecule has 1 aromatic heterocycles. The Balaban J connectivity index is 2.37. The van der Waals surface area contributed by atoms with E-state index in [4.69, 9.17) is 11.6 Å². The summed E-state index contributed by atoms with van der Waals surface area (Å²) in [5.74, 6) is 0. The average Bonchev–Trinajstić information content (AvgIpc) is 2.43. The van der Waals surface area contributed by atoms with E-state index >= 15 is 0 Å². The number of benzene rings is 2. The SMILES string of the molecule is Cc1cc2c(-c3ccc(Cl)cc3)n[nH]c(=O)c2cc1C. The molecule has 20 heavy (non-hydrogen) atoms. The molecule has 1 N–H and O–H groups in total. The minimum atomic E-state index is -0.166. The number of nitrogens with one attached hydrogen (secondary N) is 1. The Kier molecular flexibility index (Phi) is 3.07. The van der Waals surface area contributed by atoms with E-state index < -0.39 is 0 Å². The third-order valence-corrected chi connectivity index (χ3v) is 3.77. The van der Waals surface area contributed by atoms with E-state index in [9.17, 15) is 4.79 Å². The lowest BCUT2D eigenvalue weighted by Gasteiger charge is -2.08. The highest BCUT2D eigenvalue weighted by molar-refractivity contribution is 6.30. The fraction of sp³-hybridized carbons (Fsp3) is 0.125. The summed E-state index contributed by atoms with van der Waals surface area (Å²) in [7, 11) is 0. The third kappa shape index (κ3) is 2.10. The molecule has 0 bridgehead atoms. The topological polar surface area (TPSA) is 45.8 Å². The molecular weight excluding hydrogens is 272 g/mol. The second-order valence-electron chi connectivity index (χ2n) is 4.89. The highest BCUT2D eigenvalue weighted by atomic mass is 35.5. The number of aromatic nitrogens is 2. The van der Waals surface area contributed by atoms with Crippen LogP contribution < -0.4 is 5.56 Å². The van der Waals surface area contributed by atoms with Gasteiger partial charge in [-0.3, -0.25) is 4.79 Å². The molecule has 0 amide bonds. The summed E-state index contributed by atoms with van der Waals surface area (Å²) in [4.78, 5) is 11.9. The number of H-pyrrole nitrogens is 1. The molecule has 0 saturated carbocycles. The number of rotatable bonds is 1. The normalized spacial score (nSPS) is 10.9. The number of hydrogen-bond donors (Lipinski definition) is 1. The van der Waals surface area contributed by atoms with Gasteiger partial charge in [0.15, 0.2) is 0 Å². The predicted octanol–water partition coefficient (Wildman–Crippen LogP) is 3.86. The van der Waals surface area contributed by atoms with Crippen LogP contribution in [0.25, 0.3) is 22.0 Å². The molecule has 3 nitrogen and oxygen atoms in total. The number of aromatic amines is 1. The van der Waals surface area contributed by atoms with Crippen molar-refractivity contribution in [1.29, 1.82) is 0 Å². The Morgan fingerprint density at radius 1 is 1.00 bits per heavy atom. The summed E-state index contributed by atoms with van der Waals surface area (Å²) >= 11 is 5.91.